The second kappa shape index (κ2) is 25.9. The number of benzene rings is 9. The first-order valence-corrected chi connectivity index (χ1v) is 28.7. The quantitative estimate of drug-likeness (QED) is 0.0328. The lowest BCUT2D eigenvalue weighted by Crippen LogP contribution is -2.09. The van der Waals surface area contributed by atoms with Crippen LogP contribution >= 0.6 is 0 Å². The van der Waals surface area contributed by atoms with E-state index < -0.39 is 0 Å². The predicted molar refractivity (Wildman–Crippen MR) is 338 cm³/mol. The standard InChI is InChI=1S/C72H76N2O8/c1-13-17-19-43(15-3)25-47-27-50(30-52(42-74)46-22-24-54-56(32-46)60-36-68(78-8)72(82-12)40-64(60)62-38-70(80-10)66(76-6)34-58(54)62)48(26-44(16-4)20-18-14-2)28-49(47)29-51(41-73)45-21-23-53-55(31-45)59-35-67(77-7)71(81-11)39-63(59)61-37-69(79-9)65(75-5)33-57(53)61/h21-24,27-40,43-44H,13-20,25-26H2,1-12H3/b51-29+,52-30+. The van der Waals surface area contributed by atoms with Crippen molar-refractivity contribution < 1.29 is 37.9 Å². The molecule has 82 heavy (non-hydrogen) atoms. The maximum absolute atomic E-state index is 11.3. The molecule has 0 N–H and O–H groups in total. The van der Waals surface area contributed by atoms with Gasteiger partial charge in [-0.1, -0.05) is 115 Å². The molecule has 422 valence electrons. The van der Waals surface area contributed by atoms with E-state index in [4.69, 9.17) is 37.9 Å². The van der Waals surface area contributed by atoms with Crippen LogP contribution in [-0.2, 0) is 12.8 Å². The molecule has 10 heteroatoms. The summed E-state index contributed by atoms with van der Waals surface area (Å²) in [5.74, 6) is 5.75. The first-order chi connectivity index (χ1) is 40.0. The van der Waals surface area contributed by atoms with Crippen LogP contribution in [0, 0.1) is 34.5 Å². The minimum Gasteiger partial charge on any atom is -0.493 e. The van der Waals surface area contributed by atoms with Crippen molar-refractivity contribution in [2.24, 2.45) is 11.8 Å². The van der Waals surface area contributed by atoms with Crippen molar-refractivity contribution in [3.05, 3.63) is 130 Å². The fourth-order valence-electron chi connectivity index (χ4n) is 12.2. The molecule has 0 heterocycles. The molecule has 9 aromatic carbocycles. The average molecular weight is 1100 g/mol. The Morgan fingerprint density at radius 1 is 0.366 bits per heavy atom. The molecule has 0 fully saturated rings. The van der Waals surface area contributed by atoms with Crippen molar-refractivity contribution in [2.45, 2.75) is 91.9 Å². The smallest absolute Gasteiger partial charge is 0.161 e. The zero-order valence-corrected chi connectivity index (χ0v) is 49.8. The second-order valence-electron chi connectivity index (χ2n) is 21.4. The Labute approximate surface area is 483 Å². The first kappa shape index (κ1) is 58.1. The molecule has 0 amide bonds. The van der Waals surface area contributed by atoms with Gasteiger partial charge >= 0.3 is 0 Å². The second-order valence-corrected chi connectivity index (χ2v) is 21.4. The Hall–Kier alpha value is -8.60. The molecule has 0 aromatic heterocycles. The number of nitriles is 2. The summed E-state index contributed by atoms with van der Waals surface area (Å²) in [4.78, 5) is 0. The lowest BCUT2D eigenvalue weighted by atomic mass is 9.83. The van der Waals surface area contributed by atoms with E-state index >= 15 is 0 Å². The first-order valence-electron chi connectivity index (χ1n) is 28.7. The van der Waals surface area contributed by atoms with Crippen molar-refractivity contribution in [3.63, 3.8) is 0 Å². The molecule has 9 rings (SSSR count). The summed E-state index contributed by atoms with van der Waals surface area (Å²) >= 11 is 0. The number of unbranched alkanes of at least 4 members (excludes halogenated alkanes) is 2. The molecule has 0 saturated heterocycles. The van der Waals surface area contributed by atoms with Gasteiger partial charge in [0.2, 0.25) is 0 Å². The minimum absolute atomic E-state index is 0.421. The normalized spacial score (nSPS) is 12.7. The number of hydrogen-bond acceptors (Lipinski definition) is 10. The summed E-state index contributed by atoms with van der Waals surface area (Å²) in [5, 5.41) is 34.3. The van der Waals surface area contributed by atoms with Gasteiger partial charge in [0.15, 0.2) is 46.0 Å². The highest BCUT2D eigenvalue weighted by molar-refractivity contribution is 6.28. The van der Waals surface area contributed by atoms with Crippen LogP contribution in [0.1, 0.15) is 112 Å². The zero-order chi connectivity index (χ0) is 58.2. The summed E-state index contributed by atoms with van der Waals surface area (Å²) in [6.45, 7) is 9.06. The molecule has 0 spiro atoms. The molecule has 0 aliphatic carbocycles. The number of methoxy groups -OCH3 is 8. The Balaban J connectivity index is 1.28. The van der Waals surface area contributed by atoms with E-state index in [0.717, 1.165) is 162 Å². The number of allylic oxidation sites excluding steroid dienone is 2. The lowest BCUT2D eigenvalue weighted by molar-refractivity contribution is 0.355. The summed E-state index contributed by atoms with van der Waals surface area (Å²) in [5.41, 5.74) is 7.05. The highest BCUT2D eigenvalue weighted by Gasteiger charge is 2.22. The van der Waals surface area contributed by atoms with Crippen LogP contribution in [0.25, 0.3) is 87.9 Å². The van der Waals surface area contributed by atoms with Gasteiger partial charge in [0.05, 0.1) is 80.2 Å². The maximum atomic E-state index is 11.3. The van der Waals surface area contributed by atoms with Crippen LogP contribution in [0.2, 0.25) is 0 Å². The third kappa shape index (κ3) is 11.2. The highest BCUT2D eigenvalue weighted by atomic mass is 16.5. The molecule has 2 atom stereocenters. The van der Waals surface area contributed by atoms with Crippen LogP contribution in [0.15, 0.2) is 97.1 Å². The van der Waals surface area contributed by atoms with Crippen molar-refractivity contribution >= 4 is 87.9 Å². The van der Waals surface area contributed by atoms with Gasteiger partial charge < -0.3 is 37.9 Å². The number of hydrogen-bond donors (Lipinski definition) is 0. The fraction of sp³-hybridized carbons (Fsp3) is 0.333. The van der Waals surface area contributed by atoms with Gasteiger partial charge in [-0.05, 0) is 196 Å². The van der Waals surface area contributed by atoms with E-state index in [-0.39, 0.29) is 0 Å². The fourth-order valence-corrected chi connectivity index (χ4v) is 12.2. The van der Waals surface area contributed by atoms with Crippen molar-refractivity contribution in [1.29, 1.82) is 10.5 Å². The Morgan fingerprint density at radius 2 is 0.622 bits per heavy atom. The van der Waals surface area contributed by atoms with Crippen LogP contribution in [-0.4, -0.2) is 56.9 Å². The van der Waals surface area contributed by atoms with Crippen LogP contribution in [0.4, 0.5) is 0 Å². The Kier molecular flexibility index (Phi) is 18.3. The summed E-state index contributed by atoms with van der Waals surface area (Å²) in [6, 6.07) is 38.7. The van der Waals surface area contributed by atoms with Crippen LogP contribution in [0.3, 0.4) is 0 Å². The van der Waals surface area contributed by atoms with E-state index in [1.807, 2.05) is 48.5 Å². The third-order valence-corrected chi connectivity index (χ3v) is 16.8. The predicted octanol–water partition coefficient (Wildman–Crippen LogP) is 18.3. The van der Waals surface area contributed by atoms with Crippen molar-refractivity contribution in [1.82, 2.24) is 0 Å². The van der Waals surface area contributed by atoms with Gasteiger partial charge in [0.25, 0.3) is 0 Å². The number of fused-ring (bicyclic) bond motifs is 12. The van der Waals surface area contributed by atoms with Gasteiger partial charge in [-0.25, -0.2) is 0 Å². The van der Waals surface area contributed by atoms with Gasteiger partial charge in [-0.2, -0.15) is 10.5 Å². The minimum atomic E-state index is 0.421. The largest absolute Gasteiger partial charge is 0.493 e. The van der Waals surface area contributed by atoms with Crippen LogP contribution < -0.4 is 37.9 Å². The molecule has 0 aliphatic rings. The van der Waals surface area contributed by atoms with Crippen molar-refractivity contribution in [3.8, 4) is 58.1 Å². The topological polar surface area (TPSA) is 121 Å². The Bertz CT molecular complexity index is 3770. The summed E-state index contributed by atoms with van der Waals surface area (Å²) < 4.78 is 46.7. The SMILES string of the molecule is CCCCC(CC)Cc1cc(/C=C(\C#N)c2ccc3c(c2)c2cc(OC)c(OC)cc2c2cc(OC)c(OC)cc32)c(CC(CC)CCCC)cc1/C=C(\C#N)c1ccc2c(c1)c1cc(OC)c(OC)cc1c1cc(OC)c(OC)cc21. The molecule has 0 aliphatic heterocycles. The maximum Gasteiger partial charge on any atom is 0.161 e. The van der Waals surface area contributed by atoms with E-state index in [1.165, 1.54) is 0 Å². The molecule has 2 unspecified atom stereocenters. The molecule has 0 radical (unpaired) electrons. The average Bonchev–Trinajstić information content (AvgIpc) is 2.58. The third-order valence-electron chi connectivity index (χ3n) is 16.8. The molecule has 0 bridgehead atoms. The monoisotopic (exact) mass is 1100 g/mol. The number of rotatable bonds is 24. The number of ether oxygens (including phenoxy) is 8. The molecule has 9 aromatic rings. The zero-order valence-electron chi connectivity index (χ0n) is 49.8. The van der Waals surface area contributed by atoms with Gasteiger partial charge in [0, 0.05) is 0 Å². The molecule has 10 nitrogen and oxygen atoms in total. The van der Waals surface area contributed by atoms with Gasteiger partial charge in [-0.15, -0.1) is 0 Å². The summed E-state index contributed by atoms with van der Waals surface area (Å²) in [7, 11) is 13.2. The van der Waals surface area contributed by atoms with Crippen LogP contribution in [0.5, 0.6) is 46.0 Å². The van der Waals surface area contributed by atoms with Gasteiger partial charge in [-0.3, -0.25) is 0 Å². The van der Waals surface area contributed by atoms with E-state index in [2.05, 4.69) is 101 Å². The summed E-state index contributed by atoms with van der Waals surface area (Å²) in [6.07, 6.45) is 14.6. The molecule has 0 saturated carbocycles. The van der Waals surface area contributed by atoms with E-state index in [1.54, 1.807) is 56.9 Å². The lowest BCUT2D eigenvalue weighted by Gasteiger charge is -2.21. The Morgan fingerprint density at radius 3 is 0.854 bits per heavy atom. The van der Waals surface area contributed by atoms with E-state index in [0.29, 0.717) is 69.0 Å². The van der Waals surface area contributed by atoms with E-state index in [9.17, 15) is 10.5 Å². The van der Waals surface area contributed by atoms with Gasteiger partial charge in [0.1, 0.15) is 0 Å². The van der Waals surface area contributed by atoms with Crippen molar-refractivity contribution in [2.75, 3.05) is 56.9 Å². The molecular formula is C72H76N2O8. The molecular weight excluding hydrogens is 1020 g/mol. The highest BCUT2D eigenvalue weighted by Crippen LogP contribution is 2.47. The number of nitrogens with zero attached hydrogens (tertiary/aromatic N) is 2.